The van der Waals surface area contributed by atoms with Crippen LogP contribution in [0.2, 0.25) is 0 Å². The summed E-state index contributed by atoms with van der Waals surface area (Å²) in [5.74, 6) is 0.0781. The fraction of sp³-hybridized carbons (Fsp3) is 0.778. The summed E-state index contributed by atoms with van der Waals surface area (Å²) in [4.78, 5) is 11.7. The molecule has 0 aliphatic rings. The highest BCUT2D eigenvalue weighted by Gasteiger charge is 2.15. The van der Waals surface area contributed by atoms with Gasteiger partial charge < -0.3 is 5.11 Å². The van der Waals surface area contributed by atoms with Gasteiger partial charge in [-0.1, -0.05) is 6.92 Å². The molecule has 0 amide bonds. The third-order valence-electron chi connectivity index (χ3n) is 2.41. The number of rotatable bonds is 5. The van der Waals surface area contributed by atoms with Crippen LogP contribution in [-0.2, 0) is 13.2 Å². The number of halogens is 1. The van der Waals surface area contributed by atoms with Crippen molar-refractivity contribution in [1.82, 2.24) is 14.3 Å². The molecule has 0 aromatic carbocycles. The Labute approximate surface area is 87.1 Å². The molecule has 1 aromatic rings. The number of aliphatic hydroxyl groups is 1. The van der Waals surface area contributed by atoms with Crippen molar-refractivity contribution >= 4 is 0 Å². The Hall–Kier alpha value is -1.17. The van der Waals surface area contributed by atoms with E-state index in [1.54, 1.807) is 0 Å². The number of aromatic nitrogens is 3. The van der Waals surface area contributed by atoms with Crippen LogP contribution < -0.4 is 5.69 Å². The lowest BCUT2D eigenvalue weighted by molar-refractivity contribution is 0.269. The van der Waals surface area contributed by atoms with Crippen LogP contribution in [0.3, 0.4) is 0 Å². The highest BCUT2D eigenvalue weighted by molar-refractivity contribution is 4.87. The SMILES string of the molecule is CCC(C)n1nc(CF)n(CCO)c1=O. The zero-order valence-electron chi connectivity index (χ0n) is 8.98. The van der Waals surface area contributed by atoms with Crippen LogP contribution in [0.5, 0.6) is 0 Å². The van der Waals surface area contributed by atoms with Crippen LogP contribution in [0.1, 0.15) is 32.1 Å². The number of alkyl halides is 1. The maximum atomic E-state index is 12.6. The molecular formula is C9H16FN3O2. The van der Waals surface area contributed by atoms with Gasteiger partial charge in [-0.05, 0) is 13.3 Å². The van der Waals surface area contributed by atoms with Crippen molar-refractivity contribution in [1.29, 1.82) is 0 Å². The molecule has 5 nitrogen and oxygen atoms in total. The van der Waals surface area contributed by atoms with Crippen molar-refractivity contribution in [2.75, 3.05) is 6.61 Å². The first-order valence-electron chi connectivity index (χ1n) is 5.00. The molecule has 0 bridgehead atoms. The number of hydrogen-bond donors (Lipinski definition) is 1. The Morgan fingerprint density at radius 2 is 2.27 bits per heavy atom. The Bertz CT molecular complexity index is 372. The van der Waals surface area contributed by atoms with Crippen LogP contribution >= 0.6 is 0 Å². The predicted molar refractivity (Wildman–Crippen MR) is 53.4 cm³/mol. The summed E-state index contributed by atoms with van der Waals surface area (Å²) in [6, 6.07) is -0.0530. The van der Waals surface area contributed by atoms with E-state index in [0.29, 0.717) is 0 Å². The topological polar surface area (TPSA) is 60.1 Å². The summed E-state index contributed by atoms with van der Waals surface area (Å²) in [5, 5.41) is 12.6. The lowest BCUT2D eigenvalue weighted by Gasteiger charge is -2.05. The molecule has 6 heteroatoms. The zero-order chi connectivity index (χ0) is 11.4. The van der Waals surface area contributed by atoms with Crippen LogP contribution in [0, 0.1) is 0 Å². The molecule has 1 heterocycles. The molecule has 15 heavy (non-hydrogen) atoms. The van der Waals surface area contributed by atoms with E-state index >= 15 is 0 Å². The largest absolute Gasteiger partial charge is 0.395 e. The number of hydrogen-bond acceptors (Lipinski definition) is 3. The second-order valence-electron chi connectivity index (χ2n) is 3.41. The van der Waals surface area contributed by atoms with E-state index in [1.165, 1.54) is 9.25 Å². The molecule has 0 saturated heterocycles. The smallest absolute Gasteiger partial charge is 0.346 e. The fourth-order valence-electron chi connectivity index (χ4n) is 1.34. The van der Waals surface area contributed by atoms with Crippen molar-refractivity contribution in [3.05, 3.63) is 16.3 Å². The lowest BCUT2D eigenvalue weighted by atomic mass is 10.3. The summed E-state index contributed by atoms with van der Waals surface area (Å²) in [7, 11) is 0. The first-order chi connectivity index (χ1) is 7.15. The third kappa shape index (κ3) is 2.26. The van der Waals surface area contributed by atoms with Crippen molar-refractivity contribution in [3.8, 4) is 0 Å². The Kier molecular flexibility index (Phi) is 4.02. The average Bonchev–Trinajstić information content (AvgIpc) is 2.56. The van der Waals surface area contributed by atoms with Gasteiger partial charge in [-0.15, -0.1) is 0 Å². The first-order valence-corrected chi connectivity index (χ1v) is 5.00. The summed E-state index contributed by atoms with van der Waals surface area (Å²) in [5.41, 5.74) is -0.356. The summed E-state index contributed by atoms with van der Waals surface area (Å²) < 4.78 is 15.0. The molecule has 1 N–H and O–H groups in total. The first kappa shape index (κ1) is 11.9. The minimum absolute atomic E-state index is 0.0530. The second-order valence-corrected chi connectivity index (χ2v) is 3.41. The third-order valence-corrected chi connectivity index (χ3v) is 2.41. The van der Waals surface area contributed by atoms with Crippen LogP contribution in [0.4, 0.5) is 4.39 Å². The van der Waals surface area contributed by atoms with Gasteiger partial charge in [-0.2, -0.15) is 5.10 Å². The highest BCUT2D eigenvalue weighted by atomic mass is 19.1. The second kappa shape index (κ2) is 5.06. The summed E-state index contributed by atoms with van der Waals surface area (Å²) in [6.45, 7) is 2.88. The lowest BCUT2D eigenvalue weighted by Crippen LogP contribution is -2.28. The predicted octanol–water partition coefficient (Wildman–Crippen LogP) is 0.478. The highest BCUT2D eigenvalue weighted by Crippen LogP contribution is 2.06. The van der Waals surface area contributed by atoms with Gasteiger partial charge in [0.2, 0.25) is 0 Å². The monoisotopic (exact) mass is 217 g/mol. The van der Waals surface area contributed by atoms with Gasteiger partial charge in [0.25, 0.3) is 0 Å². The molecular weight excluding hydrogens is 201 g/mol. The molecule has 0 aliphatic carbocycles. The molecule has 0 radical (unpaired) electrons. The molecule has 1 aromatic heterocycles. The number of nitrogens with zero attached hydrogens (tertiary/aromatic N) is 3. The van der Waals surface area contributed by atoms with E-state index in [9.17, 15) is 9.18 Å². The van der Waals surface area contributed by atoms with Gasteiger partial charge >= 0.3 is 5.69 Å². The quantitative estimate of drug-likeness (QED) is 0.780. The van der Waals surface area contributed by atoms with Crippen molar-refractivity contribution in [2.24, 2.45) is 0 Å². The van der Waals surface area contributed by atoms with Crippen LogP contribution in [-0.4, -0.2) is 26.1 Å². The van der Waals surface area contributed by atoms with Gasteiger partial charge in [-0.25, -0.2) is 13.9 Å². The maximum absolute atomic E-state index is 12.6. The van der Waals surface area contributed by atoms with Crippen molar-refractivity contribution < 1.29 is 9.50 Å². The Morgan fingerprint density at radius 3 is 2.73 bits per heavy atom. The van der Waals surface area contributed by atoms with E-state index in [0.717, 1.165) is 6.42 Å². The van der Waals surface area contributed by atoms with Crippen molar-refractivity contribution in [2.45, 2.75) is 39.5 Å². The maximum Gasteiger partial charge on any atom is 0.346 e. The van der Waals surface area contributed by atoms with E-state index in [2.05, 4.69) is 5.10 Å². The Balaban J connectivity index is 3.15. The van der Waals surface area contributed by atoms with E-state index < -0.39 is 6.67 Å². The number of aliphatic hydroxyl groups excluding tert-OH is 1. The summed E-state index contributed by atoms with van der Waals surface area (Å²) in [6.07, 6.45) is 0.752. The minimum Gasteiger partial charge on any atom is -0.395 e. The minimum atomic E-state index is -0.793. The van der Waals surface area contributed by atoms with Gasteiger partial charge in [0.05, 0.1) is 19.2 Å². The molecule has 0 spiro atoms. The van der Waals surface area contributed by atoms with Gasteiger partial charge in [0, 0.05) is 0 Å². The van der Waals surface area contributed by atoms with E-state index in [1.807, 2.05) is 13.8 Å². The van der Waals surface area contributed by atoms with Crippen LogP contribution in [0.15, 0.2) is 4.79 Å². The molecule has 0 aliphatic heterocycles. The summed E-state index contributed by atoms with van der Waals surface area (Å²) >= 11 is 0. The van der Waals surface area contributed by atoms with Gasteiger partial charge in [0.1, 0.15) is 6.67 Å². The molecule has 1 unspecified atom stereocenters. The van der Waals surface area contributed by atoms with Crippen LogP contribution in [0.25, 0.3) is 0 Å². The normalized spacial score (nSPS) is 13.1. The molecule has 0 fully saturated rings. The molecule has 1 rings (SSSR count). The average molecular weight is 217 g/mol. The standard InChI is InChI=1S/C9H16FN3O2/c1-3-7(2)13-9(15)12(4-5-14)8(6-10)11-13/h7,14H,3-6H2,1-2H3. The Morgan fingerprint density at radius 1 is 1.60 bits per heavy atom. The van der Waals surface area contributed by atoms with Gasteiger partial charge in [-0.3, -0.25) is 4.57 Å². The van der Waals surface area contributed by atoms with Gasteiger partial charge in [0.15, 0.2) is 5.82 Å². The fourth-order valence-corrected chi connectivity index (χ4v) is 1.34. The molecule has 0 saturated carbocycles. The van der Waals surface area contributed by atoms with E-state index in [4.69, 9.17) is 5.11 Å². The molecule has 1 atom stereocenters. The van der Waals surface area contributed by atoms with E-state index in [-0.39, 0.29) is 30.7 Å². The molecule has 86 valence electrons. The zero-order valence-corrected chi connectivity index (χ0v) is 8.98. The van der Waals surface area contributed by atoms with Crippen molar-refractivity contribution in [3.63, 3.8) is 0 Å².